The summed E-state index contributed by atoms with van der Waals surface area (Å²) in [5.41, 5.74) is 1.60. The predicted octanol–water partition coefficient (Wildman–Crippen LogP) is 1.90. The van der Waals surface area contributed by atoms with E-state index in [1.165, 1.54) is 6.07 Å². The normalized spacial score (nSPS) is 18.6. The Balaban J connectivity index is 2.21. The summed E-state index contributed by atoms with van der Waals surface area (Å²) >= 11 is 0. The van der Waals surface area contributed by atoms with Crippen molar-refractivity contribution in [1.82, 2.24) is 10.6 Å². The zero-order valence-corrected chi connectivity index (χ0v) is 12.8. The highest BCUT2D eigenvalue weighted by Gasteiger charge is 2.27. The van der Waals surface area contributed by atoms with Crippen molar-refractivity contribution in [3.63, 3.8) is 0 Å². The molecule has 1 amide bonds. The Labute approximate surface area is 125 Å². The van der Waals surface area contributed by atoms with Gasteiger partial charge in [-0.2, -0.15) is 0 Å². The van der Waals surface area contributed by atoms with Crippen LogP contribution in [0.1, 0.15) is 25.3 Å². The summed E-state index contributed by atoms with van der Waals surface area (Å²) in [5.74, 6) is -0.220. The van der Waals surface area contributed by atoms with Gasteiger partial charge in [0, 0.05) is 26.7 Å². The van der Waals surface area contributed by atoms with Crippen LogP contribution >= 0.6 is 0 Å². The minimum Gasteiger partial charge on any atom is -0.368 e. The van der Waals surface area contributed by atoms with E-state index in [2.05, 4.69) is 10.6 Å². The quantitative estimate of drug-likeness (QED) is 0.871. The molecule has 1 aliphatic heterocycles. The highest BCUT2D eigenvalue weighted by atomic mass is 19.1. The van der Waals surface area contributed by atoms with E-state index < -0.39 is 0 Å². The van der Waals surface area contributed by atoms with E-state index in [1.54, 1.807) is 13.1 Å². The lowest BCUT2D eigenvalue weighted by Gasteiger charge is -2.35. The number of amides is 1. The number of hydrogen-bond donors (Lipinski definition) is 2. The summed E-state index contributed by atoms with van der Waals surface area (Å²) in [5, 5.41) is 5.94. The monoisotopic (exact) mass is 293 g/mol. The maximum Gasteiger partial charge on any atom is 0.224 e. The molecule has 1 aromatic rings. The third-order valence-electron chi connectivity index (χ3n) is 3.99. The van der Waals surface area contributed by atoms with Gasteiger partial charge in [0.05, 0.1) is 11.6 Å². The van der Waals surface area contributed by atoms with Gasteiger partial charge in [-0.25, -0.2) is 4.39 Å². The first-order valence-corrected chi connectivity index (χ1v) is 7.62. The summed E-state index contributed by atoms with van der Waals surface area (Å²) in [6, 6.07) is 5.19. The number of para-hydroxylation sites is 1. The van der Waals surface area contributed by atoms with Crippen molar-refractivity contribution in [3.05, 3.63) is 29.6 Å². The summed E-state index contributed by atoms with van der Waals surface area (Å²) in [6.45, 7) is 4.90. The first kappa shape index (κ1) is 15.8. The van der Waals surface area contributed by atoms with Gasteiger partial charge in [-0.1, -0.05) is 19.1 Å². The Bertz CT molecular complexity index is 492. The second-order valence-electron chi connectivity index (χ2n) is 5.43. The lowest BCUT2D eigenvalue weighted by molar-refractivity contribution is -0.124. The van der Waals surface area contributed by atoms with E-state index in [1.807, 2.05) is 17.9 Å². The minimum atomic E-state index is -0.206. The van der Waals surface area contributed by atoms with Crippen LogP contribution in [0.2, 0.25) is 0 Å². The largest absolute Gasteiger partial charge is 0.368 e. The van der Waals surface area contributed by atoms with E-state index >= 15 is 0 Å². The fourth-order valence-corrected chi connectivity index (χ4v) is 2.91. The van der Waals surface area contributed by atoms with Gasteiger partial charge in [-0.15, -0.1) is 0 Å². The maximum absolute atomic E-state index is 14.3. The molecule has 1 aliphatic rings. The second kappa shape index (κ2) is 7.41. The molecule has 1 aromatic carbocycles. The summed E-state index contributed by atoms with van der Waals surface area (Å²) in [6.07, 6.45) is 1.78. The number of halogens is 1. The van der Waals surface area contributed by atoms with Crippen molar-refractivity contribution in [2.24, 2.45) is 5.92 Å². The fraction of sp³-hybridized carbons (Fsp3) is 0.562. The van der Waals surface area contributed by atoms with Gasteiger partial charge in [0.15, 0.2) is 0 Å². The van der Waals surface area contributed by atoms with Crippen LogP contribution < -0.4 is 15.5 Å². The first-order chi connectivity index (χ1) is 10.2. The molecule has 0 spiro atoms. The minimum absolute atomic E-state index is 0.0456. The Morgan fingerprint density at radius 2 is 2.29 bits per heavy atom. The Morgan fingerprint density at radius 3 is 3.00 bits per heavy atom. The van der Waals surface area contributed by atoms with Crippen LogP contribution in [0.3, 0.4) is 0 Å². The van der Waals surface area contributed by atoms with Crippen LogP contribution in [0.25, 0.3) is 0 Å². The van der Waals surface area contributed by atoms with Gasteiger partial charge in [0.1, 0.15) is 5.82 Å². The summed E-state index contributed by atoms with van der Waals surface area (Å²) in [7, 11) is 1.65. The smallest absolute Gasteiger partial charge is 0.224 e. The van der Waals surface area contributed by atoms with E-state index in [9.17, 15) is 9.18 Å². The molecule has 5 heteroatoms. The molecule has 0 bridgehead atoms. The number of rotatable bonds is 5. The SMILES string of the molecule is CCNCc1cccc(F)c1N1CCCC(C(=O)NC)C1. The fourth-order valence-electron chi connectivity index (χ4n) is 2.91. The maximum atomic E-state index is 14.3. The highest BCUT2D eigenvalue weighted by molar-refractivity contribution is 5.79. The lowest BCUT2D eigenvalue weighted by Crippen LogP contribution is -2.43. The van der Waals surface area contributed by atoms with E-state index in [0.29, 0.717) is 18.8 Å². The van der Waals surface area contributed by atoms with Crippen molar-refractivity contribution < 1.29 is 9.18 Å². The summed E-state index contributed by atoms with van der Waals surface area (Å²) < 4.78 is 14.3. The third-order valence-corrected chi connectivity index (χ3v) is 3.99. The van der Waals surface area contributed by atoms with Crippen LogP contribution in [0.5, 0.6) is 0 Å². The number of nitrogens with one attached hydrogen (secondary N) is 2. The molecular formula is C16H24FN3O. The molecule has 4 nitrogen and oxygen atoms in total. The summed E-state index contributed by atoms with van der Waals surface area (Å²) in [4.78, 5) is 13.9. The molecule has 0 aromatic heterocycles. The van der Waals surface area contributed by atoms with Gasteiger partial charge in [0.2, 0.25) is 5.91 Å². The van der Waals surface area contributed by atoms with Gasteiger partial charge in [-0.3, -0.25) is 4.79 Å². The third kappa shape index (κ3) is 3.73. The molecule has 21 heavy (non-hydrogen) atoms. The first-order valence-electron chi connectivity index (χ1n) is 7.62. The van der Waals surface area contributed by atoms with E-state index in [-0.39, 0.29) is 17.6 Å². The Morgan fingerprint density at radius 1 is 1.48 bits per heavy atom. The average molecular weight is 293 g/mol. The zero-order valence-electron chi connectivity index (χ0n) is 12.8. The van der Waals surface area contributed by atoms with Crippen molar-refractivity contribution in [2.45, 2.75) is 26.3 Å². The zero-order chi connectivity index (χ0) is 15.2. The van der Waals surface area contributed by atoms with Gasteiger partial charge in [-0.05, 0) is 31.0 Å². The van der Waals surface area contributed by atoms with Crippen LogP contribution in [0, 0.1) is 11.7 Å². The highest BCUT2D eigenvalue weighted by Crippen LogP contribution is 2.29. The number of anilines is 1. The van der Waals surface area contributed by atoms with Crippen molar-refractivity contribution in [2.75, 3.05) is 31.6 Å². The van der Waals surface area contributed by atoms with Crippen LogP contribution in [0.4, 0.5) is 10.1 Å². The van der Waals surface area contributed by atoms with Gasteiger partial charge >= 0.3 is 0 Å². The average Bonchev–Trinajstić information content (AvgIpc) is 2.52. The van der Waals surface area contributed by atoms with Crippen molar-refractivity contribution >= 4 is 11.6 Å². The number of hydrogen-bond acceptors (Lipinski definition) is 3. The molecule has 1 heterocycles. The Hall–Kier alpha value is -1.62. The molecule has 1 atom stereocenters. The number of carbonyl (C=O) groups is 1. The van der Waals surface area contributed by atoms with Crippen LogP contribution in [-0.2, 0) is 11.3 Å². The standard InChI is InChI=1S/C16H24FN3O/c1-3-19-10-12-6-4-8-14(17)15(12)20-9-5-7-13(11-20)16(21)18-2/h4,6,8,13,19H,3,5,7,9-11H2,1-2H3,(H,18,21). The topological polar surface area (TPSA) is 44.4 Å². The number of carbonyl (C=O) groups excluding carboxylic acids is 1. The molecule has 0 aliphatic carbocycles. The molecule has 2 rings (SSSR count). The van der Waals surface area contributed by atoms with Crippen LogP contribution in [-0.4, -0.2) is 32.6 Å². The van der Waals surface area contributed by atoms with Crippen molar-refractivity contribution in [1.29, 1.82) is 0 Å². The molecule has 2 N–H and O–H groups in total. The number of nitrogens with zero attached hydrogens (tertiary/aromatic N) is 1. The van der Waals surface area contributed by atoms with E-state index in [4.69, 9.17) is 0 Å². The molecule has 1 fully saturated rings. The van der Waals surface area contributed by atoms with E-state index in [0.717, 1.165) is 31.5 Å². The predicted molar refractivity (Wildman–Crippen MR) is 82.8 cm³/mol. The van der Waals surface area contributed by atoms with Gasteiger partial charge in [0.25, 0.3) is 0 Å². The molecular weight excluding hydrogens is 269 g/mol. The molecule has 0 saturated carbocycles. The van der Waals surface area contributed by atoms with Crippen LogP contribution in [0.15, 0.2) is 18.2 Å². The van der Waals surface area contributed by atoms with Crippen molar-refractivity contribution in [3.8, 4) is 0 Å². The number of piperidine rings is 1. The Kier molecular flexibility index (Phi) is 5.56. The molecule has 116 valence electrons. The molecule has 1 saturated heterocycles. The number of benzene rings is 1. The second-order valence-corrected chi connectivity index (χ2v) is 5.43. The van der Waals surface area contributed by atoms with Gasteiger partial charge < -0.3 is 15.5 Å². The molecule has 1 unspecified atom stereocenters. The molecule has 0 radical (unpaired) electrons. The lowest BCUT2D eigenvalue weighted by atomic mass is 9.96.